The van der Waals surface area contributed by atoms with Crippen molar-refractivity contribution >= 4 is 0 Å². The van der Waals surface area contributed by atoms with Gasteiger partial charge in [0, 0.05) is 12.1 Å². The third-order valence-electron chi connectivity index (χ3n) is 2.63. The molecule has 0 bridgehead atoms. The van der Waals surface area contributed by atoms with Crippen LogP contribution in [0, 0.1) is 6.92 Å². The summed E-state index contributed by atoms with van der Waals surface area (Å²) in [7, 11) is 0. The zero-order valence-electron chi connectivity index (χ0n) is 10.2. The van der Waals surface area contributed by atoms with Crippen molar-refractivity contribution in [3.63, 3.8) is 0 Å². The van der Waals surface area contributed by atoms with Crippen molar-refractivity contribution in [2.24, 2.45) is 0 Å². The summed E-state index contributed by atoms with van der Waals surface area (Å²) in [5.41, 5.74) is 1.72. The zero-order valence-corrected chi connectivity index (χ0v) is 10.2. The smallest absolute Gasteiger partial charge is 0.0914 e. The lowest BCUT2D eigenvalue weighted by Gasteiger charge is -2.25. The average Bonchev–Trinajstić information content (AvgIpc) is 2.27. The Morgan fingerprint density at radius 1 is 1.25 bits per heavy atom. The highest BCUT2D eigenvalue weighted by atomic mass is 16.3. The van der Waals surface area contributed by atoms with Gasteiger partial charge in [0.1, 0.15) is 0 Å². The molecular formula is C13H21NO2. The first kappa shape index (κ1) is 13.2. The Kier molecular flexibility index (Phi) is 4.47. The van der Waals surface area contributed by atoms with E-state index in [9.17, 15) is 5.11 Å². The van der Waals surface area contributed by atoms with E-state index in [-0.39, 0.29) is 12.1 Å². The van der Waals surface area contributed by atoms with Crippen LogP contribution in [0.4, 0.5) is 0 Å². The van der Waals surface area contributed by atoms with Crippen molar-refractivity contribution in [3.05, 3.63) is 35.4 Å². The Morgan fingerprint density at radius 3 is 2.31 bits per heavy atom. The van der Waals surface area contributed by atoms with Gasteiger partial charge in [-0.2, -0.15) is 0 Å². The van der Waals surface area contributed by atoms with Gasteiger partial charge in [0.15, 0.2) is 0 Å². The van der Waals surface area contributed by atoms with Gasteiger partial charge in [-0.3, -0.25) is 0 Å². The highest BCUT2D eigenvalue weighted by Crippen LogP contribution is 2.13. The SMILES string of the molecule is Cc1ccc(C(O)CNC(C)(C)CO)cc1. The van der Waals surface area contributed by atoms with Gasteiger partial charge in [0.05, 0.1) is 12.7 Å². The van der Waals surface area contributed by atoms with E-state index in [1.807, 2.05) is 45.0 Å². The van der Waals surface area contributed by atoms with Crippen LogP contribution in [-0.2, 0) is 0 Å². The second kappa shape index (κ2) is 5.43. The van der Waals surface area contributed by atoms with Gasteiger partial charge in [-0.25, -0.2) is 0 Å². The lowest BCUT2D eigenvalue weighted by Crippen LogP contribution is -2.44. The fourth-order valence-electron chi connectivity index (χ4n) is 1.34. The van der Waals surface area contributed by atoms with Crippen LogP contribution >= 0.6 is 0 Å². The molecule has 0 aliphatic heterocycles. The molecule has 0 aliphatic rings. The third-order valence-corrected chi connectivity index (χ3v) is 2.63. The molecule has 16 heavy (non-hydrogen) atoms. The Bertz CT molecular complexity index is 319. The number of aryl methyl sites for hydroxylation is 1. The number of aliphatic hydroxyl groups is 2. The van der Waals surface area contributed by atoms with Gasteiger partial charge >= 0.3 is 0 Å². The topological polar surface area (TPSA) is 52.5 Å². The number of nitrogens with one attached hydrogen (secondary N) is 1. The molecule has 1 aromatic rings. The fourth-order valence-corrected chi connectivity index (χ4v) is 1.34. The molecule has 0 aliphatic carbocycles. The minimum absolute atomic E-state index is 0.0492. The number of aliphatic hydroxyl groups excluding tert-OH is 2. The quantitative estimate of drug-likeness (QED) is 0.707. The lowest BCUT2D eigenvalue weighted by molar-refractivity contribution is 0.136. The molecule has 3 nitrogen and oxygen atoms in total. The molecule has 0 heterocycles. The summed E-state index contributed by atoms with van der Waals surface area (Å²) < 4.78 is 0. The number of β-amino-alcohol motifs (C(OH)–C–C–N with tert-alkyl or cyclic N) is 1. The summed E-state index contributed by atoms with van der Waals surface area (Å²) in [5, 5.41) is 22.1. The van der Waals surface area contributed by atoms with Crippen LogP contribution in [0.2, 0.25) is 0 Å². The minimum Gasteiger partial charge on any atom is -0.394 e. The van der Waals surface area contributed by atoms with Crippen molar-refractivity contribution in [1.82, 2.24) is 5.32 Å². The fraction of sp³-hybridized carbons (Fsp3) is 0.538. The van der Waals surface area contributed by atoms with Gasteiger partial charge in [0.25, 0.3) is 0 Å². The summed E-state index contributed by atoms with van der Waals surface area (Å²) in [4.78, 5) is 0. The van der Waals surface area contributed by atoms with E-state index >= 15 is 0 Å². The normalized spacial score (nSPS) is 13.8. The van der Waals surface area contributed by atoms with Crippen LogP contribution in [0.5, 0.6) is 0 Å². The van der Waals surface area contributed by atoms with Crippen LogP contribution in [0.3, 0.4) is 0 Å². The van der Waals surface area contributed by atoms with Crippen LogP contribution in [-0.4, -0.2) is 28.9 Å². The molecule has 1 unspecified atom stereocenters. The molecule has 0 saturated heterocycles. The Hall–Kier alpha value is -0.900. The zero-order chi connectivity index (χ0) is 12.2. The first-order valence-electron chi connectivity index (χ1n) is 5.55. The Morgan fingerprint density at radius 2 is 1.81 bits per heavy atom. The molecular weight excluding hydrogens is 202 g/mol. The summed E-state index contributed by atoms with van der Waals surface area (Å²) in [6, 6.07) is 7.81. The van der Waals surface area contributed by atoms with E-state index in [2.05, 4.69) is 5.32 Å². The first-order chi connectivity index (χ1) is 7.44. The molecule has 0 spiro atoms. The number of hydrogen-bond acceptors (Lipinski definition) is 3. The van der Waals surface area contributed by atoms with E-state index in [1.165, 1.54) is 5.56 Å². The molecule has 1 aromatic carbocycles. The van der Waals surface area contributed by atoms with Crippen LogP contribution in [0.25, 0.3) is 0 Å². The van der Waals surface area contributed by atoms with Gasteiger partial charge in [-0.05, 0) is 26.3 Å². The highest BCUT2D eigenvalue weighted by Gasteiger charge is 2.17. The number of benzene rings is 1. The average molecular weight is 223 g/mol. The maximum Gasteiger partial charge on any atom is 0.0914 e. The van der Waals surface area contributed by atoms with Gasteiger partial charge in [0.2, 0.25) is 0 Å². The van der Waals surface area contributed by atoms with Crippen molar-refractivity contribution in [2.75, 3.05) is 13.2 Å². The number of hydrogen-bond donors (Lipinski definition) is 3. The van der Waals surface area contributed by atoms with E-state index in [0.29, 0.717) is 6.54 Å². The molecule has 0 saturated carbocycles. The second-order valence-corrected chi connectivity index (χ2v) is 4.85. The standard InChI is InChI=1S/C13H21NO2/c1-10-4-6-11(7-5-10)12(16)8-14-13(2,3)9-15/h4-7,12,14-16H,8-9H2,1-3H3. The molecule has 1 atom stereocenters. The predicted molar refractivity (Wildman–Crippen MR) is 65.3 cm³/mol. The molecule has 1 rings (SSSR count). The monoisotopic (exact) mass is 223 g/mol. The number of rotatable bonds is 5. The van der Waals surface area contributed by atoms with Crippen LogP contribution in [0.1, 0.15) is 31.1 Å². The molecule has 0 radical (unpaired) electrons. The molecule has 0 amide bonds. The van der Waals surface area contributed by atoms with E-state index in [4.69, 9.17) is 5.11 Å². The van der Waals surface area contributed by atoms with Crippen LogP contribution < -0.4 is 5.32 Å². The van der Waals surface area contributed by atoms with Crippen LogP contribution in [0.15, 0.2) is 24.3 Å². The van der Waals surface area contributed by atoms with Crippen molar-refractivity contribution in [1.29, 1.82) is 0 Å². The molecule has 90 valence electrons. The summed E-state index contributed by atoms with van der Waals surface area (Å²) in [6.07, 6.45) is -0.536. The van der Waals surface area contributed by atoms with Gasteiger partial charge in [-0.1, -0.05) is 29.8 Å². The van der Waals surface area contributed by atoms with Gasteiger partial charge in [-0.15, -0.1) is 0 Å². The maximum absolute atomic E-state index is 9.93. The third kappa shape index (κ3) is 3.93. The van der Waals surface area contributed by atoms with Crippen molar-refractivity contribution < 1.29 is 10.2 Å². The highest BCUT2D eigenvalue weighted by molar-refractivity contribution is 5.23. The van der Waals surface area contributed by atoms with E-state index < -0.39 is 6.10 Å². The Labute approximate surface area is 97.1 Å². The van der Waals surface area contributed by atoms with Crippen molar-refractivity contribution in [3.8, 4) is 0 Å². The summed E-state index contributed by atoms with van der Waals surface area (Å²) in [6.45, 7) is 6.30. The Balaban J connectivity index is 2.53. The largest absolute Gasteiger partial charge is 0.394 e. The maximum atomic E-state index is 9.93. The molecule has 3 heteroatoms. The van der Waals surface area contributed by atoms with Crippen molar-refractivity contribution in [2.45, 2.75) is 32.4 Å². The lowest BCUT2D eigenvalue weighted by atomic mass is 10.0. The second-order valence-electron chi connectivity index (χ2n) is 4.85. The van der Waals surface area contributed by atoms with Gasteiger partial charge < -0.3 is 15.5 Å². The van der Waals surface area contributed by atoms with E-state index in [0.717, 1.165) is 5.56 Å². The summed E-state index contributed by atoms with van der Waals surface area (Å²) >= 11 is 0. The minimum atomic E-state index is -0.536. The first-order valence-corrected chi connectivity index (χ1v) is 5.55. The summed E-state index contributed by atoms with van der Waals surface area (Å²) in [5.74, 6) is 0. The van der Waals surface area contributed by atoms with E-state index in [1.54, 1.807) is 0 Å². The molecule has 3 N–H and O–H groups in total. The molecule has 0 aromatic heterocycles. The molecule has 0 fully saturated rings. The predicted octanol–water partition coefficient (Wildman–Crippen LogP) is 1.39.